The van der Waals surface area contributed by atoms with Crippen molar-refractivity contribution in [1.29, 1.82) is 0 Å². The molecule has 3 rings (SSSR count). The number of amides is 1. The number of carbonyl (C=O) groups excluding carboxylic acids is 1. The molecule has 6 nitrogen and oxygen atoms in total. The van der Waals surface area contributed by atoms with Gasteiger partial charge in [0.2, 0.25) is 0 Å². The normalized spacial score (nSPS) is 10.2. The first-order valence-corrected chi connectivity index (χ1v) is 8.18. The molecule has 0 spiro atoms. The molecule has 3 aromatic rings. The van der Waals surface area contributed by atoms with Gasteiger partial charge >= 0.3 is 0 Å². The minimum atomic E-state index is -0.182. The second-order valence-corrected chi connectivity index (χ2v) is 5.88. The average molecular weight is 340 g/mol. The van der Waals surface area contributed by atoms with E-state index in [1.165, 1.54) is 11.3 Å². The molecule has 24 heavy (non-hydrogen) atoms. The fourth-order valence-corrected chi connectivity index (χ4v) is 2.63. The van der Waals surface area contributed by atoms with Crippen LogP contribution in [-0.4, -0.2) is 23.2 Å². The highest BCUT2D eigenvalue weighted by Crippen LogP contribution is 2.14. The molecule has 2 heterocycles. The van der Waals surface area contributed by atoms with Gasteiger partial charge in [-0.05, 0) is 41.3 Å². The van der Waals surface area contributed by atoms with Crippen molar-refractivity contribution in [2.45, 2.75) is 6.54 Å². The molecule has 7 heteroatoms. The quantitative estimate of drug-likeness (QED) is 0.719. The van der Waals surface area contributed by atoms with E-state index in [1.54, 1.807) is 25.3 Å². The van der Waals surface area contributed by atoms with Crippen LogP contribution in [0.5, 0.6) is 5.75 Å². The third-order valence-corrected chi connectivity index (χ3v) is 4.15. The smallest absolute Gasteiger partial charge is 0.266 e. The Kier molecular flexibility index (Phi) is 5.02. The summed E-state index contributed by atoms with van der Waals surface area (Å²) in [5.41, 5.74) is 1.10. The number of rotatable bonds is 6. The zero-order chi connectivity index (χ0) is 16.8. The topological polar surface area (TPSA) is 76.1 Å². The average Bonchev–Trinajstić information content (AvgIpc) is 3.16. The van der Waals surface area contributed by atoms with Crippen molar-refractivity contribution in [2.24, 2.45) is 0 Å². The molecule has 0 saturated carbocycles. The van der Waals surface area contributed by atoms with E-state index in [2.05, 4.69) is 20.8 Å². The number of nitrogens with zero attached hydrogens (tertiary/aromatic N) is 2. The number of benzene rings is 1. The molecule has 0 bridgehead atoms. The highest BCUT2D eigenvalue weighted by atomic mass is 32.1. The van der Waals surface area contributed by atoms with E-state index >= 15 is 0 Å². The summed E-state index contributed by atoms with van der Waals surface area (Å²) < 4.78 is 5.13. The van der Waals surface area contributed by atoms with E-state index in [4.69, 9.17) is 4.74 Å². The van der Waals surface area contributed by atoms with Gasteiger partial charge in [0.05, 0.1) is 12.0 Å². The number of methoxy groups -OCH3 is 1. The molecule has 0 unspecified atom stereocenters. The Morgan fingerprint density at radius 1 is 1.08 bits per heavy atom. The van der Waals surface area contributed by atoms with E-state index in [0.717, 1.165) is 11.3 Å². The second kappa shape index (κ2) is 7.56. The third-order valence-electron chi connectivity index (χ3n) is 3.28. The molecule has 1 amide bonds. The molecule has 2 aromatic heterocycles. The molecule has 2 N–H and O–H groups in total. The van der Waals surface area contributed by atoms with Gasteiger partial charge in [0, 0.05) is 6.54 Å². The van der Waals surface area contributed by atoms with Crippen molar-refractivity contribution in [2.75, 3.05) is 17.7 Å². The Morgan fingerprint density at radius 2 is 1.83 bits per heavy atom. The van der Waals surface area contributed by atoms with Crippen molar-refractivity contribution >= 4 is 28.9 Å². The first kappa shape index (κ1) is 15.9. The second-order valence-electron chi connectivity index (χ2n) is 4.94. The van der Waals surface area contributed by atoms with Crippen LogP contribution in [0.2, 0.25) is 0 Å². The van der Waals surface area contributed by atoms with Gasteiger partial charge in [-0.15, -0.1) is 21.5 Å². The lowest BCUT2D eigenvalue weighted by Crippen LogP contribution is -2.12. The van der Waals surface area contributed by atoms with Crippen LogP contribution in [-0.2, 0) is 6.54 Å². The van der Waals surface area contributed by atoms with Crippen molar-refractivity contribution in [1.82, 2.24) is 10.2 Å². The Balaban J connectivity index is 1.55. The summed E-state index contributed by atoms with van der Waals surface area (Å²) in [6.07, 6.45) is 0. The van der Waals surface area contributed by atoms with Crippen LogP contribution in [0.4, 0.5) is 11.6 Å². The predicted molar refractivity (Wildman–Crippen MR) is 94.6 cm³/mol. The van der Waals surface area contributed by atoms with Crippen molar-refractivity contribution in [3.63, 3.8) is 0 Å². The molecule has 122 valence electrons. The SMILES string of the molecule is COc1ccc(CNc2ccc(NC(=O)c3cccs3)nn2)cc1. The van der Waals surface area contributed by atoms with Gasteiger partial charge in [0.1, 0.15) is 11.6 Å². The maximum absolute atomic E-state index is 11.9. The van der Waals surface area contributed by atoms with Gasteiger partial charge in [0.15, 0.2) is 5.82 Å². The number of hydrogen-bond acceptors (Lipinski definition) is 6. The number of carbonyl (C=O) groups is 1. The molecule has 0 aliphatic carbocycles. The lowest BCUT2D eigenvalue weighted by atomic mass is 10.2. The summed E-state index contributed by atoms with van der Waals surface area (Å²) in [7, 11) is 1.64. The van der Waals surface area contributed by atoms with E-state index in [1.807, 2.05) is 35.7 Å². The number of ether oxygens (including phenoxy) is 1. The minimum Gasteiger partial charge on any atom is -0.497 e. The zero-order valence-corrected chi connectivity index (χ0v) is 13.8. The molecule has 0 aliphatic rings. The summed E-state index contributed by atoms with van der Waals surface area (Å²) in [5, 5.41) is 15.8. The van der Waals surface area contributed by atoms with E-state index < -0.39 is 0 Å². The van der Waals surface area contributed by atoms with Gasteiger partial charge in [-0.2, -0.15) is 0 Å². The monoisotopic (exact) mass is 340 g/mol. The highest BCUT2D eigenvalue weighted by Gasteiger charge is 2.07. The van der Waals surface area contributed by atoms with Crippen LogP contribution in [0.25, 0.3) is 0 Å². The van der Waals surface area contributed by atoms with Crippen LogP contribution in [0.3, 0.4) is 0 Å². The summed E-state index contributed by atoms with van der Waals surface area (Å²) >= 11 is 1.38. The molecule has 0 saturated heterocycles. The van der Waals surface area contributed by atoms with Gasteiger partial charge in [0.25, 0.3) is 5.91 Å². The summed E-state index contributed by atoms with van der Waals surface area (Å²) in [5.74, 6) is 1.70. The molecular formula is C17H16N4O2S. The highest BCUT2D eigenvalue weighted by molar-refractivity contribution is 7.12. The number of hydrogen-bond donors (Lipinski definition) is 2. The number of aromatic nitrogens is 2. The van der Waals surface area contributed by atoms with Crippen LogP contribution in [0, 0.1) is 0 Å². The van der Waals surface area contributed by atoms with Crippen molar-refractivity contribution < 1.29 is 9.53 Å². The summed E-state index contributed by atoms with van der Waals surface area (Å²) in [4.78, 5) is 12.6. The maximum atomic E-state index is 11.9. The number of anilines is 2. The molecule has 0 aliphatic heterocycles. The third kappa shape index (κ3) is 4.08. The largest absolute Gasteiger partial charge is 0.497 e. The number of thiophene rings is 1. The van der Waals surface area contributed by atoms with E-state index in [9.17, 15) is 4.79 Å². The van der Waals surface area contributed by atoms with E-state index in [0.29, 0.717) is 23.1 Å². The van der Waals surface area contributed by atoms with Gasteiger partial charge in [-0.1, -0.05) is 18.2 Å². The van der Waals surface area contributed by atoms with Crippen molar-refractivity contribution in [3.8, 4) is 5.75 Å². The Morgan fingerprint density at radius 3 is 2.46 bits per heavy atom. The standard InChI is InChI=1S/C17H16N4O2S/c1-23-13-6-4-12(5-7-13)11-18-15-8-9-16(21-20-15)19-17(22)14-3-2-10-24-14/h2-10H,11H2,1H3,(H,18,20)(H,19,21,22). The van der Waals surface area contributed by atoms with E-state index in [-0.39, 0.29) is 5.91 Å². The first-order valence-electron chi connectivity index (χ1n) is 7.30. The van der Waals surface area contributed by atoms with Crippen LogP contribution in [0.15, 0.2) is 53.9 Å². The van der Waals surface area contributed by atoms with Crippen LogP contribution < -0.4 is 15.4 Å². The molecule has 0 fully saturated rings. The Bertz CT molecular complexity index is 786. The first-order chi connectivity index (χ1) is 11.7. The fourth-order valence-electron chi connectivity index (χ4n) is 2.01. The van der Waals surface area contributed by atoms with Crippen LogP contribution in [0.1, 0.15) is 15.2 Å². The molecule has 0 radical (unpaired) electrons. The van der Waals surface area contributed by atoms with Crippen LogP contribution >= 0.6 is 11.3 Å². The minimum absolute atomic E-state index is 0.182. The molecule has 0 atom stereocenters. The lowest BCUT2D eigenvalue weighted by Gasteiger charge is -2.07. The van der Waals surface area contributed by atoms with Gasteiger partial charge in [-0.25, -0.2) is 0 Å². The fraction of sp³-hybridized carbons (Fsp3) is 0.118. The summed E-state index contributed by atoms with van der Waals surface area (Å²) in [6, 6.07) is 14.9. The predicted octanol–water partition coefficient (Wildman–Crippen LogP) is 3.41. The van der Waals surface area contributed by atoms with Gasteiger partial charge in [-0.3, -0.25) is 4.79 Å². The zero-order valence-electron chi connectivity index (χ0n) is 13.0. The summed E-state index contributed by atoms with van der Waals surface area (Å²) in [6.45, 7) is 0.625. The Hall–Kier alpha value is -2.93. The number of nitrogens with one attached hydrogen (secondary N) is 2. The molecule has 1 aromatic carbocycles. The lowest BCUT2D eigenvalue weighted by molar-refractivity contribution is 0.103. The van der Waals surface area contributed by atoms with Gasteiger partial charge < -0.3 is 15.4 Å². The maximum Gasteiger partial charge on any atom is 0.266 e. The van der Waals surface area contributed by atoms with Crippen molar-refractivity contribution in [3.05, 3.63) is 64.4 Å². The molecular weight excluding hydrogens is 324 g/mol. The Labute approximate surface area is 143 Å².